The van der Waals surface area contributed by atoms with Crippen LogP contribution in [-0.2, 0) is 0 Å². The Kier molecular flexibility index (Phi) is 3.23. The first-order valence-corrected chi connectivity index (χ1v) is 9.98. The van der Waals surface area contributed by atoms with E-state index in [0.29, 0.717) is 6.17 Å². The van der Waals surface area contributed by atoms with E-state index >= 15 is 0 Å². The molecular weight excluding hydrogens is 310 g/mol. The van der Waals surface area contributed by atoms with Gasteiger partial charge in [-0.05, 0) is 25.8 Å². The number of aromatic amines is 1. The molecule has 0 atom stereocenters. The van der Waals surface area contributed by atoms with E-state index in [2.05, 4.69) is 50.0 Å². The van der Waals surface area contributed by atoms with Gasteiger partial charge in [0.1, 0.15) is 0 Å². The Bertz CT molecular complexity index is 786. The molecule has 5 heterocycles. The van der Waals surface area contributed by atoms with Crippen LogP contribution in [0.15, 0.2) is 24.3 Å². The molecule has 0 saturated carbocycles. The van der Waals surface area contributed by atoms with Crippen molar-refractivity contribution >= 4 is 10.9 Å². The van der Waals surface area contributed by atoms with Crippen LogP contribution in [0.25, 0.3) is 10.9 Å². The van der Waals surface area contributed by atoms with Crippen molar-refractivity contribution in [1.82, 2.24) is 4.98 Å². The zero-order valence-corrected chi connectivity index (χ0v) is 15.7. The molecule has 0 spiro atoms. The monoisotopic (exact) mass is 341 g/mol. The van der Waals surface area contributed by atoms with Crippen LogP contribution in [0.2, 0.25) is 0 Å². The van der Waals surface area contributed by atoms with Gasteiger partial charge in [-0.3, -0.25) is 9.80 Å². The molecular formula is C21H31N3O+2. The van der Waals surface area contributed by atoms with E-state index in [0.717, 1.165) is 39.0 Å². The third kappa shape index (κ3) is 1.88. The SMILES string of the molecule is CCC12C[NH+]3CC(CC)(C[NH+](C1)C3c1c(C)[nH]c3ccccc13)C2O. The summed E-state index contributed by atoms with van der Waals surface area (Å²) in [5.74, 6) is 0. The standard InChI is InChI=1S/C21H29N3O/c1-4-20-10-23-12-21(5-2,19(20)25)13-24(11-20)18(23)17-14(3)22-16-9-7-6-8-15(16)17/h6-9,18-19,22,25H,4-5,10-13H2,1-3H3/p+2. The maximum absolute atomic E-state index is 11.2. The summed E-state index contributed by atoms with van der Waals surface area (Å²) in [6.45, 7) is 11.3. The third-order valence-electron chi connectivity index (χ3n) is 7.93. The Morgan fingerprint density at radius 3 is 2.16 bits per heavy atom. The van der Waals surface area contributed by atoms with Crippen molar-refractivity contribution in [3.8, 4) is 0 Å². The van der Waals surface area contributed by atoms with Crippen molar-refractivity contribution in [3.05, 3.63) is 35.5 Å². The summed E-state index contributed by atoms with van der Waals surface area (Å²) < 4.78 is 0. The fourth-order valence-electron chi connectivity index (χ4n) is 6.76. The zero-order chi connectivity index (χ0) is 17.4. The van der Waals surface area contributed by atoms with Crippen molar-refractivity contribution in [2.75, 3.05) is 26.2 Å². The highest BCUT2D eigenvalue weighted by molar-refractivity contribution is 5.84. The lowest BCUT2D eigenvalue weighted by molar-refractivity contribution is -1.19. The number of aromatic nitrogens is 1. The highest BCUT2D eigenvalue weighted by Crippen LogP contribution is 2.44. The van der Waals surface area contributed by atoms with Crippen LogP contribution < -0.4 is 9.80 Å². The number of quaternary nitrogens is 2. The molecule has 0 amide bonds. The van der Waals surface area contributed by atoms with Gasteiger partial charge in [0.15, 0.2) is 0 Å². The normalized spacial score (nSPS) is 42.4. The first-order valence-electron chi connectivity index (χ1n) is 9.98. The molecule has 6 rings (SSSR count). The van der Waals surface area contributed by atoms with Gasteiger partial charge in [-0.2, -0.15) is 0 Å². The van der Waals surface area contributed by atoms with Gasteiger partial charge >= 0.3 is 0 Å². The zero-order valence-electron chi connectivity index (χ0n) is 15.7. The summed E-state index contributed by atoms with van der Waals surface area (Å²) in [6.07, 6.45) is 2.60. The van der Waals surface area contributed by atoms with Gasteiger partial charge in [-0.1, -0.05) is 32.0 Å². The van der Waals surface area contributed by atoms with Crippen LogP contribution in [0.3, 0.4) is 0 Å². The number of benzene rings is 1. The number of fused-ring (bicyclic) bond motifs is 1. The van der Waals surface area contributed by atoms with Gasteiger partial charge in [0.2, 0.25) is 6.17 Å². The first-order chi connectivity index (χ1) is 12.0. The van der Waals surface area contributed by atoms with Gasteiger partial charge in [-0.25, -0.2) is 0 Å². The molecule has 1 aromatic heterocycles. The van der Waals surface area contributed by atoms with E-state index in [1.165, 1.54) is 22.2 Å². The van der Waals surface area contributed by atoms with E-state index in [1.807, 2.05) is 0 Å². The maximum atomic E-state index is 11.2. The Morgan fingerprint density at radius 1 is 1.04 bits per heavy atom. The van der Waals surface area contributed by atoms with Gasteiger partial charge in [0.25, 0.3) is 0 Å². The lowest BCUT2D eigenvalue weighted by Gasteiger charge is -2.64. The Balaban J connectivity index is 1.64. The van der Waals surface area contributed by atoms with Crippen LogP contribution in [0.5, 0.6) is 0 Å². The Hall–Kier alpha value is -1.36. The van der Waals surface area contributed by atoms with E-state index < -0.39 is 0 Å². The molecule has 1 aromatic carbocycles. The topological polar surface area (TPSA) is 44.9 Å². The number of aryl methyl sites for hydroxylation is 1. The molecule has 4 aliphatic heterocycles. The molecule has 2 aromatic rings. The van der Waals surface area contributed by atoms with Crippen molar-refractivity contribution in [3.63, 3.8) is 0 Å². The van der Waals surface area contributed by atoms with Crippen molar-refractivity contribution in [2.45, 2.75) is 45.9 Å². The van der Waals surface area contributed by atoms with Crippen molar-refractivity contribution in [1.29, 1.82) is 0 Å². The summed E-state index contributed by atoms with van der Waals surface area (Å²) in [5, 5.41) is 12.6. The molecule has 4 saturated heterocycles. The average Bonchev–Trinajstić information content (AvgIpc) is 2.94. The molecule has 4 aliphatic rings. The molecule has 4 heteroatoms. The van der Waals surface area contributed by atoms with E-state index in [-0.39, 0.29) is 16.9 Å². The first kappa shape index (κ1) is 15.9. The Morgan fingerprint density at radius 2 is 1.60 bits per heavy atom. The second-order valence-corrected chi connectivity index (χ2v) is 9.00. The predicted octanol–water partition coefficient (Wildman–Crippen LogP) is 0.439. The Labute approximate surface area is 149 Å². The second kappa shape index (κ2) is 5.09. The molecule has 0 radical (unpaired) electrons. The highest BCUT2D eigenvalue weighted by Gasteiger charge is 2.70. The highest BCUT2D eigenvalue weighted by atomic mass is 16.3. The number of para-hydroxylation sites is 1. The number of piperidine rings is 2. The van der Waals surface area contributed by atoms with Gasteiger partial charge < -0.3 is 10.1 Å². The third-order valence-corrected chi connectivity index (χ3v) is 7.93. The number of nitrogens with one attached hydrogen (secondary N) is 3. The molecule has 0 aliphatic carbocycles. The molecule has 0 unspecified atom stereocenters. The van der Waals surface area contributed by atoms with Crippen LogP contribution >= 0.6 is 0 Å². The van der Waals surface area contributed by atoms with Crippen molar-refractivity contribution in [2.24, 2.45) is 10.8 Å². The number of aliphatic hydroxyl groups is 1. The summed E-state index contributed by atoms with van der Waals surface area (Å²) >= 11 is 0. The minimum atomic E-state index is -0.118. The fourth-order valence-corrected chi connectivity index (χ4v) is 6.76. The molecule has 4 N–H and O–H groups in total. The van der Waals surface area contributed by atoms with Gasteiger partial charge in [-0.15, -0.1) is 0 Å². The molecule has 25 heavy (non-hydrogen) atoms. The number of aliphatic hydroxyl groups excluding tert-OH is 1. The summed E-state index contributed by atoms with van der Waals surface area (Å²) in [7, 11) is 0. The number of H-pyrrole nitrogens is 1. The van der Waals surface area contributed by atoms with Crippen LogP contribution in [-0.4, -0.2) is 42.4 Å². The summed E-state index contributed by atoms with van der Waals surface area (Å²) in [5.41, 5.74) is 4.35. The summed E-state index contributed by atoms with van der Waals surface area (Å²) in [6, 6.07) is 8.76. The minimum Gasteiger partial charge on any atom is -0.391 e. The summed E-state index contributed by atoms with van der Waals surface area (Å²) in [4.78, 5) is 7.02. The minimum absolute atomic E-state index is 0.118. The lowest BCUT2D eigenvalue weighted by atomic mass is 9.57. The van der Waals surface area contributed by atoms with Crippen molar-refractivity contribution < 1.29 is 14.9 Å². The molecule has 4 bridgehead atoms. The van der Waals surface area contributed by atoms with E-state index in [9.17, 15) is 5.11 Å². The number of hydrogen-bond acceptors (Lipinski definition) is 1. The quantitative estimate of drug-likeness (QED) is 0.643. The number of hydrogen-bond donors (Lipinski definition) is 4. The van der Waals surface area contributed by atoms with Crippen LogP contribution in [0.4, 0.5) is 0 Å². The van der Waals surface area contributed by atoms with Crippen LogP contribution in [0.1, 0.15) is 44.1 Å². The smallest absolute Gasteiger partial charge is 0.242 e. The van der Waals surface area contributed by atoms with Gasteiger partial charge in [0, 0.05) is 16.6 Å². The maximum Gasteiger partial charge on any atom is 0.242 e. The number of rotatable bonds is 3. The van der Waals surface area contributed by atoms with E-state index in [4.69, 9.17) is 0 Å². The molecule has 4 nitrogen and oxygen atoms in total. The van der Waals surface area contributed by atoms with Crippen LogP contribution in [0, 0.1) is 17.8 Å². The predicted molar refractivity (Wildman–Crippen MR) is 98.6 cm³/mol. The van der Waals surface area contributed by atoms with Gasteiger partial charge in [0.05, 0.1) is 48.7 Å². The second-order valence-electron chi connectivity index (χ2n) is 9.00. The molecule has 4 fully saturated rings. The fraction of sp³-hybridized carbons (Fsp3) is 0.619. The molecule has 134 valence electrons. The largest absolute Gasteiger partial charge is 0.391 e. The lowest BCUT2D eigenvalue weighted by Crippen LogP contribution is -3.41. The van der Waals surface area contributed by atoms with E-state index in [1.54, 1.807) is 9.80 Å². The average molecular weight is 341 g/mol.